The Bertz CT molecular complexity index is 1160. The van der Waals surface area contributed by atoms with Gasteiger partial charge in [-0.3, -0.25) is 24.0 Å². The van der Waals surface area contributed by atoms with Crippen LogP contribution in [0.3, 0.4) is 0 Å². The van der Waals surface area contributed by atoms with Crippen molar-refractivity contribution in [1.29, 1.82) is 0 Å². The zero-order chi connectivity index (χ0) is 27.0. The number of fused-ring (bicyclic) bond motifs is 1. The second-order valence-corrected chi connectivity index (χ2v) is 8.20. The molecule has 36 heavy (non-hydrogen) atoms. The van der Waals surface area contributed by atoms with E-state index in [0.717, 1.165) is 10.9 Å². The maximum Gasteiger partial charge on any atom is 0.326 e. The van der Waals surface area contributed by atoms with Crippen molar-refractivity contribution in [3.05, 3.63) is 36.0 Å². The second-order valence-electron chi connectivity index (χ2n) is 8.20. The molecule has 5 amide bonds. The molecule has 0 fully saturated rings. The van der Waals surface area contributed by atoms with Crippen molar-refractivity contribution in [2.45, 2.75) is 50.4 Å². The number of amides is 5. The van der Waals surface area contributed by atoms with E-state index in [2.05, 4.69) is 20.9 Å². The number of hydrogen-bond acceptors (Lipinski definition) is 7. The molecule has 2 aromatic rings. The normalized spacial score (nSPS) is 14.2. The lowest BCUT2D eigenvalue weighted by atomic mass is 10.0. The minimum Gasteiger partial charge on any atom is -0.480 e. The number of primary amides is 2. The quantitative estimate of drug-likeness (QED) is 0.143. The molecule has 0 radical (unpaired) electrons. The number of nitrogens with one attached hydrogen (secondary N) is 4. The zero-order valence-electron chi connectivity index (χ0n) is 19.4. The van der Waals surface area contributed by atoms with E-state index in [-0.39, 0.29) is 6.42 Å². The van der Waals surface area contributed by atoms with Gasteiger partial charge >= 0.3 is 5.97 Å². The number of aliphatic carboxylic acids is 1. The van der Waals surface area contributed by atoms with E-state index in [0.29, 0.717) is 5.56 Å². The number of hydrogen-bond donors (Lipinski definition) is 8. The summed E-state index contributed by atoms with van der Waals surface area (Å²) < 4.78 is 0. The molecule has 0 bridgehead atoms. The molecule has 1 aromatic carbocycles. The summed E-state index contributed by atoms with van der Waals surface area (Å²) in [5.41, 5.74) is 17.1. The summed E-state index contributed by atoms with van der Waals surface area (Å²) in [5.74, 6) is -5.69. The third-order valence-corrected chi connectivity index (χ3v) is 5.26. The molecule has 0 aliphatic carbocycles. The monoisotopic (exact) mass is 503 g/mol. The number of carbonyl (C=O) groups is 6. The standard InChI is InChI=1S/C22H29N7O7/c1-10(27-20(33)13(23)7-17(24)30)19(32)28-15(21(34)29-16(22(35)36)8-18(25)31)6-11-9-26-14-5-3-2-4-12(11)14/h2-5,9-10,13,15-16,26H,6-8,23H2,1H3,(H2,24,30)(H2,25,31)(H,27,33)(H,28,32)(H,29,34)(H,35,36). The molecule has 14 heteroatoms. The summed E-state index contributed by atoms with van der Waals surface area (Å²) in [7, 11) is 0. The Morgan fingerprint density at radius 3 is 2.11 bits per heavy atom. The third-order valence-electron chi connectivity index (χ3n) is 5.26. The van der Waals surface area contributed by atoms with Gasteiger partial charge in [0, 0.05) is 23.5 Å². The topological polar surface area (TPSA) is 253 Å². The lowest BCUT2D eigenvalue weighted by Crippen LogP contribution is -2.57. The molecule has 0 aliphatic heterocycles. The lowest BCUT2D eigenvalue weighted by Gasteiger charge is -2.23. The highest BCUT2D eigenvalue weighted by Crippen LogP contribution is 2.19. The first-order valence-corrected chi connectivity index (χ1v) is 10.9. The Morgan fingerprint density at radius 1 is 0.889 bits per heavy atom. The van der Waals surface area contributed by atoms with Crippen molar-refractivity contribution in [3.63, 3.8) is 0 Å². The van der Waals surface area contributed by atoms with Gasteiger partial charge in [0.05, 0.1) is 18.9 Å². The molecule has 1 aromatic heterocycles. The molecule has 0 saturated heterocycles. The average molecular weight is 504 g/mol. The number of carboxylic acid groups (broad SMARTS) is 1. The number of carboxylic acids is 1. The van der Waals surface area contributed by atoms with E-state index in [1.807, 2.05) is 12.1 Å². The Hall–Kier alpha value is -4.46. The molecular formula is C22H29N7O7. The van der Waals surface area contributed by atoms with E-state index < -0.39 is 72.5 Å². The van der Waals surface area contributed by atoms with Crippen LogP contribution in [0, 0.1) is 0 Å². The number of H-pyrrole nitrogens is 1. The zero-order valence-corrected chi connectivity index (χ0v) is 19.4. The van der Waals surface area contributed by atoms with E-state index in [4.69, 9.17) is 17.2 Å². The van der Waals surface area contributed by atoms with E-state index >= 15 is 0 Å². The molecule has 0 aliphatic rings. The van der Waals surface area contributed by atoms with Gasteiger partial charge in [0.25, 0.3) is 0 Å². The van der Waals surface area contributed by atoms with Crippen molar-refractivity contribution in [3.8, 4) is 0 Å². The van der Waals surface area contributed by atoms with Crippen molar-refractivity contribution >= 4 is 46.4 Å². The Morgan fingerprint density at radius 2 is 1.50 bits per heavy atom. The van der Waals surface area contributed by atoms with Gasteiger partial charge < -0.3 is 43.2 Å². The minimum atomic E-state index is -1.61. The highest BCUT2D eigenvalue weighted by atomic mass is 16.4. The predicted molar refractivity (Wildman–Crippen MR) is 127 cm³/mol. The fraction of sp³-hybridized carbons (Fsp3) is 0.364. The molecular weight excluding hydrogens is 474 g/mol. The van der Waals surface area contributed by atoms with Crippen LogP contribution < -0.4 is 33.2 Å². The van der Waals surface area contributed by atoms with E-state index in [1.54, 1.807) is 18.3 Å². The van der Waals surface area contributed by atoms with Crippen LogP contribution in [0.1, 0.15) is 25.3 Å². The van der Waals surface area contributed by atoms with Crippen LogP contribution >= 0.6 is 0 Å². The third kappa shape index (κ3) is 7.80. The van der Waals surface area contributed by atoms with E-state index in [1.165, 1.54) is 6.92 Å². The first-order chi connectivity index (χ1) is 16.9. The van der Waals surface area contributed by atoms with Crippen LogP contribution in [0.4, 0.5) is 0 Å². The molecule has 2 rings (SSSR count). The summed E-state index contributed by atoms with van der Waals surface area (Å²) >= 11 is 0. The molecule has 4 atom stereocenters. The van der Waals surface area contributed by atoms with Gasteiger partial charge in [0.2, 0.25) is 29.5 Å². The highest BCUT2D eigenvalue weighted by Gasteiger charge is 2.30. The largest absolute Gasteiger partial charge is 0.480 e. The summed E-state index contributed by atoms with van der Waals surface area (Å²) in [6, 6.07) is 1.87. The second kappa shape index (κ2) is 12.3. The van der Waals surface area contributed by atoms with Gasteiger partial charge in [-0.05, 0) is 18.6 Å². The number of aromatic nitrogens is 1. The SMILES string of the molecule is CC(NC(=O)C(N)CC(N)=O)C(=O)NC(Cc1c[nH]c2ccccc12)C(=O)NC(CC(N)=O)C(=O)O. The maximum absolute atomic E-state index is 13.0. The fourth-order valence-electron chi connectivity index (χ4n) is 3.40. The molecule has 0 spiro atoms. The summed E-state index contributed by atoms with van der Waals surface area (Å²) in [4.78, 5) is 74.6. The van der Waals surface area contributed by atoms with Gasteiger partial charge in [-0.25, -0.2) is 4.79 Å². The van der Waals surface area contributed by atoms with Crippen molar-refractivity contribution < 1.29 is 33.9 Å². The summed E-state index contributed by atoms with van der Waals surface area (Å²) in [5, 5.41) is 17.1. The van der Waals surface area contributed by atoms with Crippen LogP contribution in [0.15, 0.2) is 30.5 Å². The Labute approximate surface area is 205 Å². The van der Waals surface area contributed by atoms with Gasteiger partial charge in [-0.2, -0.15) is 0 Å². The fourth-order valence-corrected chi connectivity index (χ4v) is 3.40. The number of rotatable bonds is 13. The predicted octanol–water partition coefficient (Wildman–Crippen LogP) is -2.65. The smallest absolute Gasteiger partial charge is 0.326 e. The first kappa shape index (κ1) is 27.8. The summed E-state index contributed by atoms with van der Waals surface area (Å²) in [6.45, 7) is 1.33. The molecule has 11 N–H and O–H groups in total. The van der Waals surface area contributed by atoms with Gasteiger partial charge in [0.15, 0.2) is 0 Å². The van der Waals surface area contributed by atoms with Gasteiger partial charge in [0.1, 0.15) is 18.1 Å². The van der Waals surface area contributed by atoms with Crippen molar-refractivity contribution in [2.75, 3.05) is 0 Å². The molecule has 0 saturated carbocycles. The van der Waals surface area contributed by atoms with Crippen LogP contribution in [-0.2, 0) is 35.2 Å². The Kier molecular flexibility index (Phi) is 9.50. The van der Waals surface area contributed by atoms with Gasteiger partial charge in [-0.15, -0.1) is 0 Å². The number of carbonyl (C=O) groups excluding carboxylic acids is 5. The van der Waals surface area contributed by atoms with Crippen LogP contribution in [-0.4, -0.2) is 69.8 Å². The number of aromatic amines is 1. The molecule has 1 heterocycles. The van der Waals surface area contributed by atoms with Gasteiger partial charge in [-0.1, -0.05) is 18.2 Å². The van der Waals surface area contributed by atoms with E-state index in [9.17, 15) is 33.9 Å². The lowest BCUT2D eigenvalue weighted by molar-refractivity contribution is -0.143. The average Bonchev–Trinajstić information content (AvgIpc) is 3.19. The van der Waals surface area contributed by atoms with Crippen molar-refractivity contribution in [2.24, 2.45) is 17.2 Å². The summed E-state index contributed by atoms with van der Waals surface area (Å²) in [6.07, 6.45) is 0.511. The highest BCUT2D eigenvalue weighted by molar-refractivity contribution is 5.96. The first-order valence-electron chi connectivity index (χ1n) is 10.9. The minimum absolute atomic E-state index is 0.0493. The van der Waals surface area contributed by atoms with Crippen molar-refractivity contribution in [1.82, 2.24) is 20.9 Å². The maximum atomic E-state index is 13.0. The number of para-hydroxylation sites is 1. The van der Waals surface area contributed by atoms with Crippen LogP contribution in [0.2, 0.25) is 0 Å². The molecule has 4 unspecified atom stereocenters. The molecule has 194 valence electrons. The number of nitrogens with two attached hydrogens (primary N) is 3. The van der Waals surface area contributed by atoms with Crippen LogP contribution in [0.5, 0.6) is 0 Å². The molecule has 14 nitrogen and oxygen atoms in total. The number of benzene rings is 1. The Balaban J connectivity index is 2.22. The van der Waals surface area contributed by atoms with Crippen LogP contribution in [0.25, 0.3) is 10.9 Å².